The van der Waals surface area contributed by atoms with Crippen molar-refractivity contribution < 1.29 is 39.6 Å². The molecule has 269 valence electrons. The van der Waals surface area contributed by atoms with Gasteiger partial charge in [0.1, 0.15) is 5.58 Å². The van der Waals surface area contributed by atoms with Crippen LogP contribution in [0, 0.1) is 38.1 Å². The summed E-state index contributed by atoms with van der Waals surface area (Å²) >= 11 is 0. The first-order valence-corrected chi connectivity index (χ1v) is 17.3. The number of aromatic nitrogens is 2. The third-order valence-electron chi connectivity index (χ3n) is 9.44. The molecule has 3 heterocycles. The van der Waals surface area contributed by atoms with Crippen molar-refractivity contribution in [2.75, 3.05) is 0 Å². The number of pyridine rings is 2. The number of rotatable bonds is 7. The normalized spacial score (nSPS) is 15.8. The van der Waals surface area contributed by atoms with Crippen LogP contribution in [0.2, 0.25) is 0 Å². The van der Waals surface area contributed by atoms with Crippen LogP contribution in [0.5, 0.6) is 0 Å². The zero-order valence-corrected chi connectivity index (χ0v) is 32.8. The van der Waals surface area contributed by atoms with E-state index in [9.17, 15) is 0 Å². The van der Waals surface area contributed by atoms with Gasteiger partial charge >= 0.3 is 0 Å². The van der Waals surface area contributed by atoms with Gasteiger partial charge in [0, 0.05) is 53.0 Å². The van der Waals surface area contributed by atoms with Gasteiger partial charge in [-0.3, -0.25) is 0 Å². The van der Waals surface area contributed by atoms with Gasteiger partial charge in [-0.25, -0.2) is 0 Å². The Bertz CT molecular complexity index is 2690. The molecule has 4 heteroatoms. The van der Waals surface area contributed by atoms with Gasteiger partial charge < -0.3 is 14.4 Å². The van der Waals surface area contributed by atoms with Crippen LogP contribution < -0.4 is 0 Å². The van der Waals surface area contributed by atoms with Gasteiger partial charge in [-0.15, -0.1) is 53.6 Å². The molecule has 3 aromatic heterocycles. The molecule has 0 N–H and O–H groups in total. The van der Waals surface area contributed by atoms with Gasteiger partial charge in [-0.1, -0.05) is 114 Å². The summed E-state index contributed by atoms with van der Waals surface area (Å²) in [6.07, 6.45) is 3.06. The molecule has 0 saturated heterocycles. The summed E-state index contributed by atoms with van der Waals surface area (Å²) in [6, 6.07) is 32.7. The second-order valence-electron chi connectivity index (χ2n) is 14.1. The zero-order chi connectivity index (χ0) is 45.6. The van der Waals surface area contributed by atoms with E-state index in [-0.39, 0.29) is 42.2 Å². The largest absolute Gasteiger partial charge is 0.501 e. The monoisotopic (exact) mass is 874 g/mol. The van der Waals surface area contributed by atoms with Gasteiger partial charge in [0.05, 0.1) is 5.58 Å². The van der Waals surface area contributed by atoms with Gasteiger partial charge in [-0.05, 0) is 94.6 Å². The topological polar surface area (TPSA) is 38.9 Å². The van der Waals surface area contributed by atoms with Crippen molar-refractivity contribution >= 4 is 21.9 Å². The Morgan fingerprint density at radius 1 is 0.750 bits per heavy atom. The fourth-order valence-corrected chi connectivity index (χ4v) is 6.15. The molecule has 7 rings (SSSR count). The smallest absolute Gasteiger partial charge is 0.120 e. The fourth-order valence-electron chi connectivity index (χ4n) is 6.15. The van der Waals surface area contributed by atoms with Crippen molar-refractivity contribution in [3.05, 3.63) is 143 Å². The number of aryl methyl sites for hydroxylation is 3. The minimum absolute atomic E-state index is 0. The summed E-state index contributed by atoms with van der Waals surface area (Å²) in [6.45, 7) is 4.75. The van der Waals surface area contributed by atoms with Gasteiger partial charge in [0.15, 0.2) is 0 Å². The van der Waals surface area contributed by atoms with E-state index in [0.29, 0.717) is 44.8 Å². The molecule has 3 nitrogen and oxygen atoms in total. The van der Waals surface area contributed by atoms with Gasteiger partial charge in [0.2, 0.25) is 0 Å². The number of furan rings is 1. The van der Waals surface area contributed by atoms with Crippen molar-refractivity contribution in [1.82, 2.24) is 9.97 Å². The molecular formula is C48H50IrN2O-2. The standard InChI is InChI=1S/C31H30NO.C17H20N.Ir/c1-6-31(5,7-2)22-15-16-23(20(3)17-22)27-18-28(32-19-21(27)4)26-13-10-12-25-24-11-8-9-14-29(24)33-30(25)26;1-13-5-8-15(9-6-13)16-10-7-14(12-18-16)11-17(2,3)4;/h8-12,14-19H,6-7H2,1-5H3;5-8,10,12H,11H2,1-4H3;/q2*-1;/i3D3,4D3;1D3,11D2;. The quantitative estimate of drug-likeness (QED) is 0.150. The second-order valence-corrected chi connectivity index (χ2v) is 14.1. The molecule has 0 aliphatic heterocycles. The van der Waals surface area contributed by atoms with E-state index in [4.69, 9.17) is 19.5 Å². The molecule has 0 fully saturated rings. The number of para-hydroxylation sites is 1. The van der Waals surface area contributed by atoms with E-state index < -0.39 is 32.3 Å². The molecule has 7 aromatic rings. The van der Waals surface area contributed by atoms with E-state index in [1.54, 1.807) is 48.5 Å². The molecule has 1 radical (unpaired) electrons. The summed E-state index contributed by atoms with van der Waals surface area (Å²) in [4.78, 5) is 8.81. The number of benzene rings is 4. The molecular weight excluding hydrogens is 813 g/mol. The van der Waals surface area contributed by atoms with Crippen molar-refractivity contribution in [2.45, 2.75) is 86.7 Å². The molecule has 52 heavy (non-hydrogen) atoms. The summed E-state index contributed by atoms with van der Waals surface area (Å²) in [5, 5.41) is 1.85. The van der Waals surface area contributed by atoms with Crippen LogP contribution in [0.3, 0.4) is 0 Å². The second kappa shape index (κ2) is 16.1. The predicted octanol–water partition coefficient (Wildman–Crippen LogP) is 13.3. The molecule has 0 amide bonds. The fraction of sp³-hybridized carbons (Fsp3) is 0.292. The number of nitrogens with zero attached hydrogens (tertiary/aromatic N) is 2. The number of hydrogen-bond donors (Lipinski definition) is 0. The summed E-state index contributed by atoms with van der Waals surface area (Å²) in [5.41, 5.74) is 5.41. The molecule has 0 bridgehead atoms. The van der Waals surface area contributed by atoms with E-state index >= 15 is 0 Å². The van der Waals surface area contributed by atoms with E-state index in [1.165, 1.54) is 18.5 Å². The SMILES string of the molecule is [2H]C([2H])([2H])c1c[c-]c(-c2ccc(C([2H])([2H])C(C)(C)C)cn2)cc1.[2H]C([2H])([2H])c1cnc(-c2[c-]ccc3c2oc2ccccc23)cc1-c1ccc(C(C)(CC)CC)cc1C([2H])([2H])[2H].[Ir]. The predicted molar refractivity (Wildman–Crippen MR) is 215 cm³/mol. The Hall–Kier alpha value is -4.37. The Kier molecular flexibility index (Phi) is 8.18. The Morgan fingerprint density at radius 2 is 1.54 bits per heavy atom. The Labute approximate surface area is 339 Å². The van der Waals surface area contributed by atoms with Crippen LogP contribution in [-0.2, 0) is 31.9 Å². The maximum absolute atomic E-state index is 8.35. The molecule has 0 spiro atoms. The molecule has 0 saturated carbocycles. The van der Waals surface area contributed by atoms with Gasteiger partial charge in [0.25, 0.3) is 0 Å². The van der Waals surface area contributed by atoms with Crippen LogP contribution in [-0.4, -0.2) is 9.97 Å². The van der Waals surface area contributed by atoms with Crippen LogP contribution in [0.25, 0.3) is 55.6 Å². The van der Waals surface area contributed by atoms with Crippen LogP contribution in [0.4, 0.5) is 0 Å². The number of fused-ring (bicyclic) bond motifs is 3. The summed E-state index contributed by atoms with van der Waals surface area (Å²) in [5.74, 6) is 0. The Balaban J connectivity index is 0.000000267. The number of hydrogen-bond acceptors (Lipinski definition) is 3. The van der Waals surface area contributed by atoms with E-state index in [0.717, 1.165) is 34.8 Å². The maximum atomic E-state index is 8.35. The first-order valence-electron chi connectivity index (χ1n) is 22.8. The summed E-state index contributed by atoms with van der Waals surface area (Å²) < 4.78 is 94.4. The van der Waals surface area contributed by atoms with Crippen LogP contribution in [0.1, 0.15) is 97.3 Å². The first kappa shape index (κ1) is 26.4. The van der Waals surface area contributed by atoms with Crippen molar-refractivity contribution in [3.63, 3.8) is 0 Å². The third-order valence-corrected chi connectivity index (χ3v) is 9.44. The van der Waals surface area contributed by atoms with Crippen molar-refractivity contribution in [2.24, 2.45) is 5.41 Å². The van der Waals surface area contributed by atoms with Crippen LogP contribution >= 0.6 is 0 Å². The van der Waals surface area contributed by atoms with E-state index in [1.807, 2.05) is 57.2 Å². The summed E-state index contributed by atoms with van der Waals surface area (Å²) in [7, 11) is 0. The average molecular weight is 874 g/mol. The minimum Gasteiger partial charge on any atom is -0.501 e. The van der Waals surface area contributed by atoms with Crippen LogP contribution in [0.15, 0.2) is 108 Å². The van der Waals surface area contributed by atoms with Crippen molar-refractivity contribution in [1.29, 1.82) is 0 Å². The third kappa shape index (κ3) is 8.46. The molecule has 4 aromatic carbocycles. The zero-order valence-electron chi connectivity index (χ0n) is 41.4. The maximum Gasteiger partial charge on any atom is 0.120 e. The molecule has 0 aliphatic rings. The first-order chi connectivity index (χ1) is 28.8. The minimum atomic E-state index is -2.50. The molecule has 0 atom stereocenters. The van der Waals surface area contributed by atoms with Gasteiger partial charge in [-0.2, -0.15) is 0 Å². The van der Waals surface area contributed by atoms with Crippen molar-refractivity contribution in [3.8, 4) is 33.6 Å². The average Bonchev–Trinajstić information content (AvgIpc) is 3.61. The molecule has 0 aliphatic carbocycles. The Morgan fingerprint density at radius 3 is 2.21 bits per heavy atom. The molecule has 0 unspecified atom stereocenters. The van der Waals surface area contributed by atoms with E-state index in [2.05, 4.69) is 42.9 Å².